The Hall–Kier alpha value is -3.78. The van der Waals surface area contributed by atoms with Crippen molar-refractivity contribution in [1.29, 1.82) is 0 Å². The molecule has 0 radical (unpaired) electrons. The number of para-hydroxylation sites is 1. The van der Waals surface area contributed by atoms with Gasteiger partial charge in [-0.2, -0.15) is 0 Å². The molecule has 174 valence electrons. The van der Waals surface area contributed by atoms with Crippen molar-refractivity contribution in [2.24, 2.45) is 0 Å². The quantitative estimate of drug-likeness (QED) is 0.230. The fraction of sp³-hybridized carbons (Fsp3) is 0.192. The summed E-state index contributed by atoms with van der Waals surface area (Å²) in [5.41, 5.74) is 1.52. The molecule has 0 saturated heterocycles. The number of hydrogen-bond donors (Lipinski definition) is 0. The van der Waals surface area contributed by atoms with Crippen LogP contribution in [0.25, 0.3) is 5.69 Å². The van der Waals surface area contributed by atoms with E-state index in [-0.39, 0.29) is 17.6 Å². The van der Waals surface area contributed by atoms with Crippen molar-refractivity contribution in [3.63, 3.8) is 0 Å². The average Bonchev–Trinajstić information content (AvgIpc) is 3.30. The highest BCUT2D eigenvalue weighted by atomic mass is 32.2. The highest BCUT2D eigenvalue weighted by molar-refractivity contribution is 8.00. The number of carbonyl (C=O) groups is 1. The minimum atomic E-state index is -0.365. The van der Waals surface area contributed by atoms with Crippen molar-refractivity contribution in [2.75, 3.05) is 14.2 Å². The van der Waals surface area contributed by atoms with Crippen molar-refractivity contribution in [3.8, 4) is 22.9 Å². The Bertz CT molecular complexity index is 1230. The molecule has 1 heterocycles. The van der Waals surface area contributed by atoms with Crippen molar-refractivity contribution in [3.05, 3.63) is 90.3 Å². The van der Waals surface area contributed by atoms with E-state index >= 15 is 0 Å². The third-order valence-electron chi connectivity index (χ3n) is 5.17. The summed E-state index contributed by atoms with van der Waals surface area (Å²) in [4.78, 5) is 13.0. The SMILES string of the molecule is COc1ccc(OCc2nnc(SC(C)C(=O)c3ccc(OC)cc3)n2-c2ccccc2)cc1. The standard InChI is InChI=1S/C26H25N3O4S/c1-18(25(30)19-9-11-21(31-2)12-10-19)34-26-28-27-24(29(26)20-7-5-4-6-8-20)17-33-23-15-13-22(32-3)14-16-23/h4-16,18H,17H2,1-3H3. The zero-order valence-electron chi connectivity index (χ0n) is 19.2. The van der Waals surface area contributed by atoms with Gasteiger partial charge in [0.1, 0.15) is 23.9 Å². The van der Waals surface area contributed by atoms with E-state index in [1.165, 1.54) is 11.8 Å². The molecule has 1 unspecified atom stereocenters. The number of rotatable bonds is 10. The van der Waals surface area contributed by atoms with Gasteiger partial charge >= 0.3 is 0 Å². The van der Waals surface area contributed by atoms with Crippen LogP contribution in [0.3, 0.4) is 0 Å². The Morgan fingerprint density at radius 3 is 2.06 bits per heavy atom. The Labute approximate surface area is 202 Å². The third kappa shape index (κ3) is 5.40. The lowest BCUT2D eigenvalue weighted by molar-refractivity contribution is 0.0994. The normalized spacial score (nSPS) is 11.6. The number of thioether (sulfide) groups is 1. The largest absolute Gasteiger partial charge is 0.497 e. The van der Waals surface area contributed by atoms with E-state index in [0.717, 1.165) is 11.4 Å². The van der Waals surface area contributed by atoms with Crippen LogP contribution in [-0.2, 0) is 6.61 Å². The van der Waals surface area contributed by atoms with Gasteiger partial charge in [0.15, 0.2) is 16.8 Å². The molecule has 8 heteroatoms. The molecular weight excluding hydrogens is 450 g/mol. The number of aromatic nitrogens is 3. The van der Waals surface area contributed by atoms with Gasteiger partial charge < -0.3 is 14.2 Å². The van der Waals surface area contributed by atoms with E-state index in [0.29, 0.717) is 28.0 Å². The molecule has 7 nitrogen and oxygen atoms in total. The van der Waals surface area contributed by atoms with Crippen LogP contribution in [0.2, 0.25) is 0 Å². The molecule has 0 amide bonds. The van der Waals surface area contributed by atoms with Crippen molar-refractivity contribution in [2.45, 2.75) is 23.9 Å². The Balaban J connectivity index is 1.55. The summed E-state index contributed by atoms with van der Waals surface area (Å²) in [6, 6.07) is 24.3. The lowest BCUT2D eigenvalue weighted by atomic mass is 10.1. The topological polar surface area (TPSA) is 75.5 Å². The first-order chi connectivity index (χ1) is 16.6. The molecule has 0 bridgehead atoms. The summed E-state index contributed by atoms with van der Waals surface area (Å²) in [6.07, 6.45) is 0. The minimum absolute atomic E-state index is 0.00583. The van der Waals surface area contributed by atoms with Crippen LogP contribution < -0.4 is 14.2 Å². The summed E-state index contributed by atoms with van der Waals surface area (Å²) in [5, 5.41) is 9.00. The van der Waals surface area contributed by atoms with E-state index in [1.54, 1.807) is 38.5 Å². The molecule has 0 fully saturated rings. The van der Waals surface area contributed by atoms with Crippen LogP contribution >= 0.6 is 11.8 Å². The second kappa shape index (κ2) is 10.9. The van der Waals surface area contributed by atoms with Gasteiger partial charge in [-0.15, -0.1) is 10.2 Å². The minimum Gasteiger partial charge on any atom is -0.497 e. The molecule has 0 saturated carbocycles. The smallest absolute Gasteiger partial charge is 0.196 e. The number of benzene rings is 3. The number of ether oxygens (including phenoxy) is 3. The lowest BCUT2D eigenvalue weighted by Crippen LogP contribution is -2.15. The predicted molar refractivity (Wildman–Crippen MR) is 131 cm³/mol. The van der Waals surface area contributed by atoms with Crippen LogP contribution in [0.4, 0.5) is 0 Å². The van der Waals surface area contributed by atoms with Crippen LogP contribution in [-0.4, -0.2) is 40.0 Å². The van der Waals surface area contributed by atoms with E-state index in [9.17, 15) is 4.79 Å². The number of nitrogens with zero attached hydrogens (tertiary/aromatic N) is 3. The summed E-state index contributed by atoms with van der Waals surface area (Å²) in [7, 11) is 3.22. The van der Waals surface area contributed by atoms with E-state index in [4.69, 9.17) is 14.2 Å². The molecule has 1 aromatic heterocycles. The molecule has 0 N–H and O–H groups in total. The highest BCUT2D eigenvalue weighted by Crippen LogP contribution is 2.28. The van der Waals surface area contributed by atoms with Crippen LogP contribution in [0.1, 0.15) is 23.1 Å². The fourth-order valence-corrected chi connectivity index (χ4v) is 4.29. The fourth-order valence-electron chi connectivity index (χ4n) is 3.33. The number of ketones is 1. The van der Waals surface area contributed by atoms with E-state index < -0.39 is 0 Å². The van der Waals surface area contributed by atoms with Gasteiger partial charge in [0, 0.05) is 11.3 Å². The van der Waals surface area contributed by atoms with Gasteiger partial charge in [0.05, 0.1) is 19.5 Å². The van der Waals surface area contributed by atoms with E-state index in [2.05, 4.69) is 10.2 Å². The summed E-state index contributed by atoms with van der Waals surface area (Å²) in [5.74, 6) is 2.80. The highest BCUT2D eigenvalue weighted by Gasteiger charge is 2.22. The van der Waals surface area contributed by atoms with Gasteiger partial charge in [0.2, 0.25) is 0 Å². The molecule has 4 aromatic rings. The van der Waals surface area contributed by atoms with E-state index in [1.807, 2.05) is 66.1 Å². The summed E-state index contributed by atoms with van der Waals surface area (Å²) in [6.45, 7) is 2.09. The zero-order valence-corrected chi connectivity index (χ0v) is 20.0. The number of Topliss-reactive ketones (excluding diaryl/α,β-unsaturated/α-hetero) is 1. The van der Waals surface area contributed by atoms with Gasteiger partial charge in [-0.05, 0) is 67.6 Å². The second-order valence-electron chi connectivity index (χ2n) is 7.39. The van der Waals surface area contributed by atoms with Gasteiger partial charge in [-0.3, -0.25) is 9.36 Å². The summed E-state index contributed by atoms with van der Waals surface area (Å²) < 4.78 is 18.2. The number of hydrogen-bond acceptors (Lipinski definition) is 7. The van der Waals surface area contributed by atoms with Gasteiger partial charge in [-0.1, -0.05) is 30.0 Å². The van der Waals surface area contributed by atoms with Crippen molar-refractivity contribution < 1.29 is 19.0 Å². The molecule has 0 spiro atoms. The third-order valence-corrected chi connectivity index (χ3v) is 6.21. The van der Waals surface area contributed by atoms with Crippen LogP contribution in [0, 0.1) is 0 Å². The van der Waals surface area contributed by atoms with Crippen molar-refractivity contribution in [1.82, 2.24) is 14.8 Å². The maximum atomic E-state index is 13.0. The van der Waals surface area contributed by atoms with Gasteiger partial charge in [0.25, 0.3) is 0 Å². The Morgan fingerprint density at radius 1 is 0.853 bits per heavy atom. The van der Waals surface area contributed by atoms with Crippen LogP contribution in [0.5, 0.6) is 17.2 Å². The van der Waals surface area contributed by atoms with Crippen LogP contribution in [0.15, 0.2) is 84.0 Å². The molecular formula is C26H25N3O4S. The molecule has 4 rings (SSSR count). The molecule has 34 heavy (non-hydrogen) atoms. The number of methoxy groups -OCH3 is 2. The predicted octanol–water partition coefficient (Wildman–Crippen LogP) is 5.23. The van der Waals surface area contributed by atoms with Gasteiger partial charge in [-0.25, -0.2) is 0 Å². The number of carbonyl (C=O) groups excluding carboxylic acids is 1. The molecule has 0 aliphatic carbocycles. The average molecular weight is 476 g/mol. The first-order valence-corrected chi connectivity index (χ1v) is 11.6. The van der Waals surface area contributed by atoms with Crippen molar-refractivity contribution >= 4 is 17.5 Å². The summed E-state index contributed by atoms with van der Waals surface area (Å²) >= 11 is 1.36. The lowest BCUT2D eigenvalue weighted by Gasteiger charge is -2.14. The maximum absolute atomic E-state index is 13.0. The maximum Gasteiger partial charge on any atom is 0.196 e. The first-order valence-electron chi connectivity index (χ1n) is 10.7. The first kappa shape index (κ1) is 23.4. The Kier molecular flexibility index (Phi) is 7.49. The Morgan fingerprint density at radius 2 is 1.44 bits per heavy atom. The zero-order chi connectivity index (χ0) is 23.9. The molecule has 0 aliphatic rings. The second-order valence-corrected chi connectivity index (χ2v) is 8.69. The molecule has 0 aliphatic heterocycles. The molecule has 1 atom stereocenters. The molecule has 3 aromatic carbocycles. The monoisotopic (exact) mass is 475 g/mol.